The van der Waals surface area contributed by atoms with Gasteiger partial charge in [0, 0.05) is 5.41 Å². The number of carboxylic acid groups (broad SMARTS) is 1. The summed E-state index contributed by atoms with van der Waals surface area (Å²) in [4.78, 5) is 11.2. The summed E-state index contributed by atoms with van der Waals surface area (Å²) >= 11 is 0. The molecule has 0 unspecified atom stereocenters. The van der Waals surface area contributed by atoms with Gasteiger partial charge >= 0.3 is 0 Å². The summed E-state index contributed by atoms with van der Waals surface area (Å²) in [5.74, 6) is -0.916. The van der Waals surface area contributed by atoms with Gasteiger partial charge in [0.15, 0.2) is 0 Å². The highest BCUT2D eigenvalue weighted by atomic mass is 16.4. The van der Waals surface area contributed by atoms with Crippen LogP contribution in [0.1, 0.15) is 31.2 Å². The summed E-state index contributed by atoms with van der Waals surface area (Å²) in [6.45, 7) is 0. The Hall–Kier alpha value is -1.31. The highest BCUT2D eigenvalue weighted by Gasteiger charge is 2.36. The molecule has 1 aliphatic rings. The van der Waals surface area contributed by atoms with E-state index in [1.165, 1.54) is 0 Å². The lowest BCUT2D eigenvalue weighted by atomic mass is 9.79. The number of carbonyl (C=O) groups is 1. The minimum atomic E-state index is -0.916. The fourth-order valence-electron chi connectivity index (χ4n) is 2.35. The van der Waals surface area contributed by atoms with Crippen molar-refractivity contribution in [2.75, 3.05) is 0 Å². The van der Waals surface area contributed by atoms with Gasteiger partial charge in [0.25, 0.3) is 0 Å². The van der Waals surface area contributed by atoms with Gasteiger partial charge in [0.05, 0.1) is 5.97 Å². The zero-order chi connectivity index (χ0) is 10.0. The highest BCUT2D eigenvalue weighted by molar-refractivity contribution is 5.79. The third kappa shape index (κ3) is 1.31. The van der Waals surface area contributed by atoms with Crippen LogP contribution in [0.5, 0.6) is 0 Å². The Morgan fingerprint density at radius 1 is 1.14 bits per heavy atom. The summed E-state index contributed by atoms with van der Waals surface area (Å²) in [6.07, 6.45) is 3.42. The number of carbonyl (C=O) groups excluding carboxylic acids is 1. The molecule has 1 fully saturated rings. The molecule has 74 valence electrons. The average molecular weight is 189 g/mol. The Kier molecular flexibility index (Phi) is 2.28. The van der Waals surface area contributed by atoms with Crippen molar-refractivity contribution in [3.8, 4) is 0 Å². The minimum Gasteiger partial charge on any atom is -0.549 e. The Labute approximate surface area is 83.6 Å². The standard InChI is InChI=1S/C12H14O2/c13-11(14)12(8-4-5-9-12)10-6-2-1-3-7-10/h1-3,6-7H,4-5,8-9H2,(H,13,14)/p-1. The van der Waals surface area contributed by atoms with Crippen LogP contribution in [0.15, 0.2) is 30.3 Å². The first-order chi connectivity index (χ1) is 6.76. The van der Waals surface area contributed by atoms with E-state index in [2.05, 4.69) is 0 Å². The maximum Gasteiger partial charge on any atom is 0.0520 e. The Bertz CT molecular complexity index is 323. The van der Waals surface area contributed by atoms with E-state index in [1.54, 1.807) is 0 Å². The smallest absolute Gasteiger partial charge is 0.0520 e. The van der Waals surface area contributed by atoms with Gasteiger partial charge in [-0.3, -0.25) is 0 Å². The van der Waals surface area contributed by atoms with E-state index in [-0.39, 0.29) is 0 Å². The zero-order valence-corrected chi connectivity index (χ0v) is 8.03. The molecule has 0 saturated heterocycles. The molecule has 0 atom stereocenters. The highest BCUT2D eigenvalue weighted by Crippen LogP contribution is 2.40. The quantitative estimate of drug-likeness (QED) is 0.702. The number of aliphatic carboxylic acids is 1. The lowest BCUT2D eigenvalue weighted by Gasteiger charge is -2.30. The van der Waals surface area contributed by atoms with E-state index >= 15 is 0 Å². The molecular formula is C12H13O2-. The third-order valence-corrected chi connectivity index (χ3v) is 3.17. The molecule has 0 amide bonds. The van der Waals surface area contributed by atoms with Gasteiger partial charge in [0.1, 0.15) is 0 Å². The van der Waals surface area contributed by atoms with Crippen molar-refractivity contribution in [1.29, 1.82) is 0 Å². The summed E-state index contributed by atoms with van der Waals surface area (Å²) in [5.41, 5.74) is 0.193. The van der Waals surface area contributed by atoms with Gasteiger partial charge in [-0.2, -0.15) is 0 Å². The van der Waals surface area contributed by atoms with Gasteiger partial charge in [-0.05, 0) is 18.4 Å². The molecule has 0 heterocycles. The fourth-order valence-corrected chi connectivity index (χ4v) is 2.35. The molecule has 0 aliphatic heterocycles. The predicted molar refractivity (Wildman–Crippen MR) is 51.6 cm³/mol. The Morgan fingerprint density at radius 3 is 2.21 bits per heavy atom. The molecule has 0 spiro atoms. The van der Waals surface area contributed by atoms with Gasteiger partial charge in [-0.1, -0.05) is 43.2 Å². The fraction of sp³-hybridized carbons (Fsp3) is 0.417. The van der Waals surface area contributed by atoms with E-state index in [1.807, 2.05) is 30.3 Å². The first kappa shape index (κ1) is 9.25. The largest absolute Gasteiger partial charge is 0.549 e. The van der Waals surface area contributed by atoms with Crippen molar-refractivity contribution >= 4 is 5.97 Å². The molecule has 14 heavy (non-hydrogen) atoms. The molecule has 0 N–H and O–H groups in total. The van der Waals surface area contributed by atoms with Crippen molar-refractivity contribution in [3.63, 3.8) is 0 Å². The van der Waals surface area contributed by atoms with Gasteiger partial charge in [-0.25, -0.2) is 0 Å². The van der Waals surface area contributed by atoms with Crippen LogP contribution in [0.2, 0.25) is 0 Å². The zero-order valence-electron chi connectivity index (χ0n) is 8.03. The molecule has 2 heteroatoms. The molecule has 1 saturated carbocycles. The molecule has 1 aliphatic carbocycles. The van der Waals surface area contributed by atoms with E-state index < -0.39 is 11.4 Å². The van der Waals surface area contributed by atoms with Crippen LogP contribution >= 0.6 is 0 Å². The topological polar surface area (TPSA) is 40.1 Å². The second-order valence-electron chi connectivity index (χ2n) is 3.94. The first-order valence-electron chi connectivity index (χ1n) is 5.03. The number of rotatable bonds is 2. The molecule has 0 radical (unpaired) electrons. The minimum absolute atomic E-state index is 0.707. The molecule has 0 aromatic heterocycles. The molecule has 2 nitrogen and oxygen atoms in total. The average Bonchev–Trinajstić information content (AvgIpc) is 2.69. The van der Waals surface area contributed by atoms with Crippen LogP contribution in [0.4, 0.5) is 0 Å². The first-order valence-corrected chi connectivity index (χ1v) is 5.03. The monoisotopic (exact) mass is 189 g/mol. The predicted octanol–water partition coefficient (Wildman–Crippen LogP) is 1.25. The van der Waals surface area contributed by atoms with Crippen molar-refractivity contribution < 1.29 is 9.90 Å². The maximum atomic E-state index is 11.2. The molecule has 0 bridgehead atoms. The van der Waals surface area contributed by atoms with E-state index in [9.17, 15) is 9.90 Å². The van der Waals surface area contributed by atoms with Crippen molar-refractivity contribution in [2.45, 2.75) is 31.1 Å². The van der Waals surface area contributed by atoms with Crippen molar-refractivity contribution in [3.05, 3.63) is 35.9 Å². The van der Waals surface area contributed by atoms with Crippen LogP contribution in [0.3, 0.4) is 0 Å². The third-order valence-electron chi connectivity index (χ3n) is 3.17. The van der Waals surface area contributed by atoms with Crippen LogP contribution in [0, 0.1) is 0 Å². The van der Waals surface area contributed by atoms with Crippen LogP contribution in [-0.2, 0) is 10.2 Å². The number of hydrogen-bond acceptors (Lipinski definition) is 2. The Balaban J connectivity index is 2.42. The lowest BCUT2D eigenvalue weighted by Crippen LogP contribution is -2.43. The molecule has 2 rings (SSSR count). The van der Waals surface area contributed by atoms with E-state index in [0.29, 0.717) is 0 Å². The number of carboxylic acids is 1. The number of hydrogen-bond donors (Lipinski definition) is 0. The van der Waals surface area contributed by atoms with E-state index in [0.717, 1.165) is 31.2 Å². The molecular weight excluding hydrogens is 176 g/mol. The summed E-state index contributed by atoms with van der Waals surface area (Å²) in [6, 6.07) is 9.46. The maximum absolute atomic E-state index is 11.2. The SMILES string of the molecule is O=C([O-])C1(c2ccccc2)CCCC1. The van der Waals surface area contributed by atoms with Crippen LogP contribution in [0.25, 0.3) is 0 Å². The molecule has 1 aromatic rings. The summed E-state index contributed by atoms with van der Waals surface area (Å²) in [7, 11) is 0. The lowest BCUT2D eigenvalue weighted by molar-refractivity contribution is -0.313. The Morgan fingerprint density at radius 2 is 1.71 bits per heavy atom. The van der Waals surface area contributed by atoms with Gasteiger partial charge in [-0.15, -0.1) is 0 Å². The van der Waals surface area contributed by atoms with E-state index in [4.69, 9.17) is 0 Å². The number of benzene rings is 1. The summed E-state index contributed by atoms with van der Waals surface area (Å²) in [5, 5.41) is 11.2. The second kappa shape index (κ2) is 3.45. The summed E-state index contributed by atoms with van der Waals surface area (Å²) < 4.78 is 0. The van der Waals surface area contributed by atoms with Crippen LogP contribution in [-0.4, -0.2) is 5.97 Å². The van der Waals surface area contributed by atoms with Crippen molar-refractivity contribution in [1.82, 2.24) is 0 Å². The van der Waals surface area contributed by atoms with Gasteiger partial charge in [0.2, 0.25) is 0 Å². The van der Waals surface area contributed by atoms with Gasteiger partial charge < -0.3 is 9.90 Å². The second-order valence-corrected chi connectivity index (χ2v) is 3.94. The normalized spacial score (nSPS) is 19.4. The van der Waals surface area contributed by atoms with Crippen molar-refractivity contribution in [2.24, 2.45) is 0 Å². The molecule has 1 aromatic carbocycles. The van der Waals surface area contributed by atoms with Crippen LogP contribution < -0.4 is 5.11 Å².